The number of ether oxygens (including phenoxy) is 1. The van der Waals surface area contributed by atoms with Crippen molar-refractivity contribution in [3.8, 4) is 0 Å². The molecule has 0 fully saturated rings. The van der Waals surface area contributed by atoms with Gasteiger partial charge in [0, 0.05) is 30.3 Å². The molecule has 1 atom stereocenters. The standard InChI is InChI=1S/C10H18ClN3O3S/c1-4-5-8(2)9-12-13-10(18(11,15)16)14(9)6-7-17-3/h8H,4-7H2,1-3H3. The Morgan fingerprint density at radius 2 is 2.11 bits per heavy atom. The summed E-state index contributed by atoms with van der Waals surface area (Å²) >= 11 is 0. The van der Waals surface area contributed by atoms with E-state index >= 15 is 0 Å². The van der Waals surface area contributed by atoms with Crippen LogP contribution in [0, 0.1) is 0 Å². The zero-order chi connectivity index (χ0) is 13.8. The van der Waals surface area contributed by atoms with E-state index in [1.807, 2.05) is 6.92 Å². The third-order valence-corrected chi connectivity index (χ3v) is 3.80. The average Bonchev–Trinajstić information content (AvgIpc) is 2.69. The van der Waals surface area contributed by atoms with Crippen LogP contribution in [0.1, 0.15) is 38.4 Å². The third kappa shape index (κ3) is 3.66. The van der Waals surface area contributed by atoms with E-state index in [2.05, 4.69) is 17.1 Å². The molecule has 1 rings (SSSR count). The van der Waals surface area contributed by atoms with Crippen molar-refractivity contribution in [1.82, 2.24) is 14.8 Å². The minimum atomic E-state index is -3.89. The van der Waals surface area contributed by atoms with Gasteiger partial charge in [0.2, 0.25) is 0 Å². The van der Waals surface area contributed by atoms with Crippen LogP contribution in [0.15, 0.2) is 5.16 Å². The second kappa shape index (κ2) is 6.49. The molecule has 0 bridgehead atoms. The topological polar surface area (TPSA) is 74.1 Å². The Morgan fingerprint density at radius 3 is 2.61 bits per heavy atom. The Balaban J connectivity index is 3.15. The van der Waals surface area contributed by atoms with Gasteiger partial charge < -0.3 is 4.74 Å². The van der Waals surface area contributed by atoms with E-state index in [0.29, 0.717) is 19.0 Å². The molecule has 0 saturated heterocycles. The fourth-order valence-electron chi connectivity index (χ4n) is 1.80. The second-order valence-corrected chi connectivity index (χ2v) is 6.57. The smallest absolute Gasteiger partial charge is 0.296 e. The first-order valence-electron chi connectivity index (χ1n) is 5.78. The number of rotatable bonds is 7. The zero-order valence-corrected chi connectivity index (χ0v) is 12.3. The summed E-state index contributed by atoms with van der Waals surface area (Å²) in [6.45, 7) is 4.80. The molecule has 0 radical (unpaired) electrons. The quantitative estimate of drug-likeness (QED) is 0.717. The molecule has 0 spiro atoms. The summed E-state index contributed by atoms with van der Waals surface area (Å²) in [6, 6.07) is 0. The van der Waals surface area contributed by atoms with E-state index in [9.17, 15) is 8.42 Å². The molecule has 0 amide bonds. The minimum absolute atomic E-state index is 0.131. The minimum Gasteiger partial charge on any atom is -0.383 e. The molecule has 8 heteroatoms. The third-order valence-electron chi connectivity index (χ3n) is 2.65. The van der Waals surface area contributed by atoms with E-state index in [0.717, 1.165) is 12.8 Å². The van der Waals surface area contributed by atoms with Crippen molar-refractivity contribution in [1.29, 1.82) is 0 Å². The highest BCUT2D eigenvalue weighted by Crippen LogP contribution is 2.22. The number of aromatic nitrogens is 3. The van der Waals surface area contributed by atoms with E-state index in [1.165, 1.54) is 4.57 Å². The van der Waals surface area contributed by atoms with Crippen molar-refractivity contribution in [2.24, 2.45) is 0 Å². The Bertz CT molecular complexity index is 487. The molecule has 0 N–H and O–H groups in total. The number of halogens is 1. The summed E-state index contributed by atoms with van der Waals surface area (Å²) in [5, 5.41) is 7.42. The molecule has 0 aromatic carbocycles. The maximum absolute atomic E-state index is 11.4. The summed E-state index contributed by atoms with van der Waals surface area (Å²) in [4.78, 5) is 0. The summed E-state index contributed by atoms with van der Waals surface area (Å²) in [5.74, 6) is 0.764. The van der Waals surface area contributed by atoms with Gasteiger partial charge >= 0.3 is 0 Å². The molecule has 0 aliphatic carbocycles. The zero-order valence-electron chi connectivity index (χ0n) is 10.8. The van der Waals surface area contributed by atoms with Crippen LogP contribution in [0.2, 0.25) is 0 Å². The van der Waals surface area contributed by atoms with Crippen LogP contribution >= 0.6 is 10.7 Å². The first kappa shape index (κ1) is 15.4. The summed E-state index contributed by atoms with van der Waals surface area (Å²) < 4.78 is 29.3. The van der Waals surface area contributed by atoms with Gasteiger partial charge in [-0.15, -0.1) is 10.2 Å². The van der Waals surface area contributed by atoms with Crippen LogP contribution in [0.5, 0.6) is 0 Å². The lowest BCUT2D eigenvalue weighted by Gasteiger charge is -2.12. The van der Waals surface area contributed by atoms with Crippen molar-refractivity contribution in [3.63, 3.8) is 0 Å². The van der Waals surface area contributed by atoms with Gasteiger partial charge in [0.15, 0.2) is 0 Å². The highest BCUT2D eigenvalue weighted by Gasteiger charge is 2.24. The van der Waals surface area contributed by atoms with E-state index in [-0.39, 0.29) is 11.1 Å². The number of hydrogen-bond donors (Lipinski definition) is 0. The molecule has 0 saturated carbocycles. The van der Waals surface area contributed by atoms with Gasteiger partial charge in [0.05, 0.1) is 6.61 Å². The van der Waals surface area contributed by atoms with Gasteiger partial charge in [-0.05, 0) is 6.42 Å². The van der Waals surface area contributed by atoms with Crippen LogP contribution < -0.4 is 0 Å². The summed E-state index contributed by atoms with van der Waals surface area (Å²) in [5.41, 5.74) is 0. The Labute approximate surface area is 112 Å². The number of methoxy groups -OCH3 is 1. The van der Waals surface area contributed by atoms with Gasteiger partial charge in [-0.2, -0.15) is 0 Å². The maximum Gasteiger partial charge on any atom is 0.296 e. The number of hydrogen-bond acceptors (Lipinski definition) is 5. The van der Waals surface area contributed by atoms with E-state index in [4.69, 9.17) is 15.4 Å². The van der Waals surface area contributed by atoms with Gasteiger partial charge in [0.25, 0.3) is 14.2 Å². The van der Waals surface area contributed by atoms with Crippen LogP contribution in [-0.2, 0) is 20.3 Å². The molecular formula is C10H18ClN3O3S. The normalized spacial score (nSPS) is 13.8. The average molecular weight is 296 g/mol. The molecule has 1 aromatic heterocycles. The Kier molecular flexibility index (Phi) is 5.55. The summed E-state index contributed by atoms with van der Waals surface area (Å²) in [6.07, 6.45) is 1.90. The van der Waals surface area contributed by atoms with Crippen LogP contribution in [0.25, 0.3) is 0 Å². The molecule has 1 unspecified atom stereocenters. The van der Waals surface area contributed by atoms with Crippen molar-refractivity contribution in [2.75, 3.05) is 13.7 Å². The lowest BCUT2D eigenvalue weighted by atomic mass is 10.1. The van der Waals surface area contributed by atoms with Crippen LogP contribution in [0.4, 0.5) is 0 Å². The van der Waals surface area contributed by atoms with Gasteiger partial charge in [0.1, 0.15) is 5.82 Å². The fourth-order valence-corrected chi connectivity index (χ4v) is 2.73. The lowest BCUT2D eigenvalue weighted by Crippen LogP contribution is -2.14. The van der Waals surface area contributed by atoms with Gasteiger partial charge in [-0.25, -0.2) is 8.42 Å². The maximum atomic E-state index is 11.4. The van der Waals surface area contributed by atoms with Crippen LogP contribution in [0.3, 0.4) is 0 Å². The van der Waals surface area contributed by atoms with Crippen molar-refractivity contribution >= 4 is 19.7 Å². The lowest BCUT2D eigenvalue weighted by molar-refractivity contribution is 0.183. The van der Waals surface area contributed by atoms with Gasteiger partial charge in [-0.1, -0.05) is 20.3 Å². The molecule has 0 aliphatic heterocycles. The summed E-state index contributed by atoms with van der Waals surface area (Å²) in [7, 11) is 3.01. The van der Waals surface area contributed by atoms with E-state index in [1.54, 1.807) is 7.11 Å². The van der Waals surface area contributed by atoms with E-state index < -0.39 is 9.05 Å². The number of nitrogens with zero attached hydrogens (tertiary/aromatic N) is 3. The van der Waals surface area contributed by atoms with Crippen molar-refractivity contribution < 1.29 is 13.2 Å². The molecule has 18 heavy (non-hydrogen) atoms. The predicted molar refractivity (Wildman–Crippen MR) is 68.3 cm³/mol. The van der Waals surface area contributed by atoms with Gasteiger partial charge in [-0.3, -0.25) is 4.57 Å². The Morgan fingerprint density at radius 1 is 1.44 bits per heavy atom. The second-order valence-electron chi connectivity index (χ2n) is 4.11. The molecular weight excluding hydrogens is 278 g/mol. The molecule has 1 aromatic rings. The first-order chi connectivity index (χ1) is 8.41. The SMILES string of the molecule is CCCC(C)c1nnc(S(=O)(=O)Cl)n1CCOC. The van der Waals surface area contributed by atoms with Crippen molar-refractivity contribution in [3.05, 3.63) is 5.82 Å². The largest absolute Gasteiger partial charge is 0.383 e. The molecule has 0 aliphatic rings. The molecule has 1 heterocycles. The monoisotopic (exact) mass is 295 g/mol. The fraction of sp³-hybridized carbons (Fsp3) is 0.800. The highest BCUT2D eigenvalue weighted by molar-refractivity contribution is 8.13. The predicted octanol–water partition coefficient (Wildman–Crippen LogP) is 1.76. The Hall–Kier alpha value is -0.660. The molecule has 6 nitrogen and oxygen atoms in total. The molecule has 104 valence electrons. The van der Waals surface area contributed by atoms with Crippen molar-refractivity contribution in [2.45, 2.75) is 44.3 Å². The van der Waals surface area contributed by atoms with Crippen LogP contribution in [-0.4, -0.2) is 36.9 Å². The highest BCUT2D eigenvalue weighted by atomic mass is 35.7. The first-order valence-corrected chi connectivity index (χ1v) is 8.09.